The maximum absolute atomic E-state index is 12.3. The van der Waals surface area contributed by atoms with E-state index in [1.165, 1.54) is 14.0 Å². The fourth-order valence-electron chi connectivity index (χ4n) is 3.50. The summed E-state index contributed by atoms with van der Waals surface area (Å²) in [5.41, 5.74) is -0.00888. The van der Waals surface area contributed by atoms with Gasteiger partial charge in [-0.15, -0.1) is 0 Å². The quantitative estimate of drug-likeness (QED) is 0.701. The second kappa shape index (κ2) is 6.05. The van der Waals surface area contributed by atoms with E-state index in [4.69, 9.17) is 14.2 Å². The summed E-state index contributed by atoms with van der Waals surface area (Å²) < 4.78 is 21.9. The Kier molecular flexibility index (Phi) is 4.25. The first-order chi connectivity index (χ1) is 11.0. The van der Waals surface area contributed by atoms with Crippen molar-refractivity contribution in [2.24, 2.45) is 0 Å². The van der Waals surface area contributed by atoms with E-state index in [-0.39, 0.29) is 11.4 Å². The number of ether oxygens (including phenoxy) is 4. The summed E-state index contributed by atoms with van der Waals surface area (Å²) in [5, 5.41) is 0. The third kappa shape index (κ3) is 2.90. The largest absolute Gasteiger partial charge is 0.466 e. The molecule has 3 atom stereocenters. The molecule has 7 nitrogen and oxygen atoms in total. The van der Waals surface area contributed by atoms with Gasteiger partial charge in [-0.1, -0.05) is 6.42 Å². The van der Waals surface area contributed by atoms with E-state index in [9.17, 15) is 14.4 Å². The van der Waals surface area contributed by atoms with Crippen LogP contribution in [0.4, 0.5) is 0 Å². The van der Waals surface area contributed by atoms with Crippen molar-refractivity contribution in [3.63, 3.8) is 0 Å². The van der Waals surface area contributed by atoms with E-state index in [2.05, 4.69) is 4.74 Å². The second-order valence-corrected chi connectivity index (χ2v) is 6.12. The van der Waals surface area contributed by atoms with Gasteiger partial charge in [-0.05, 0) is 18.9 Å². The minimum Gasteiger partial charge on any atom is -0.466 e. The Balaban J connectivity index is 1.92. The highest BCUT2D eigenvalue weighted by molar-refractivity contribution is 6.04. The van der Waals surface area contributed by atoms with Crippen LogP contribution in [0.5, 0.6) is 0 Å². The van der Waals surface area contributed by atoms with Crippen molar-refractivity contribution in [3.05, 3.63) is 11.6 Å². The van der Waals surface area contributed by atoms with E-state index < -0.39 is 36.0 Å². The zero-order valence-corrected chi connectivity index (χ0v) is 13.2. The molecule has 0 amide bonds. The smallest absolute Gasteiger partial charge is 0.337 e. The number of carbonyl (C=O) groups excluding carboxylic acids is 3. The summed E-state index contributed by atoms with van der Waals surface area (Å²) in [7, 11) is 1.21. The predicted molar refractivity (Wildman–Crippen MR) is 76.2 cm³/mol. The van der Waals surface area contributed by atoms with Gasteiger partial charge >= 0.3 is 11.9 Å². The van der Waals surface area contributed by atoms with Crippen LogP contribution in [-0.4, -0.2) is 48.9 Å². The topological polar surface area (TPSA) is 88.1 Å². The summed E-state index contributed by atoms with van der Waals surface area (Å²) in [6.07, 6.45) is 2.84. The average molecular weight is 324 g/mol. The highest BCUT2D eigenvalue weighted by atomic mass is 16.8. The van der Waals surface area contributed by atoms with Crippen LogP contribution in [0.25, 0.3) is 0 Å². The van der Waals surface area contributed by atoms with Crippen LogP contribution in [0, 0.1) is 0 Å². The van der Waals surface area contributed by atoms with E-state index in [1.54, 1.807) is 0 Å². The van der Waals surface area contributed by atoms with Crippen molar-refractivity contribution in [2.75, 3.05) is 7.11 Å². The minimum absolute atomic E-state index is 0.00888. The molecule has 7 heteroatoms. The standard InChI is InChI=1S/C16H20O7/c1-9(17)21-12-10(15(19)20-2)8-11(18)13-14(12)23-16(22-13)6-4-3-5-7-16/h8,12-14H,3-7H2,1-2H3/t12-,13-,14+/m1/s1. The van der Waals surface area contributed by atoms with Gasteiger partial charge in [-0.25, -0.2) is 4.79 Å². The number of methoxy groups -OCH3 is 1. The summed E-state index contributed by atoms with van der Waals surface area (Å²) in [4.78, 5) is 35.7. The molecule has 126 valence electrons. The van der Waals surface area contributed by atoms with Crippen molar-refractivity contribution in [2.45, 2.75) is 63.1 Å². The molecule has 1 saturated carbocycles. The maximum Gasteiger partial charge on any atom is 0.337 e. The molecule has 2 aliphatic carbocycles. The first-order valence-electron chi connectivity index (χ1n) is 7.82. The minimum atomic E-state index is -0.996. The molecule has 0 N–H and O–H groups in total. The summed E-state index contributed by atoms with van der Waals surface area (Å²) in [5.74, 6) is -2.45. The normalized spacial score (nSPS) is 32.2. The van der Waals surface area contributed by atoms with E-state index in [1.807, 2.05) is 0 Å². The molecule has 3 aliphatic rings. The van der Waals surface area contributed by atoms with Crippen molar-refractivity contribution in [1.82, 2.24) is 0 Å². The Morgan fingerprint density at radius 2 is 1.91 bits per heavy atom. The van der Waals surface area contributed by atoms with Gasteiger partial charge in [-0.2, -0.15) is 0 Å². The molecular weight excluding hydrogens is 304 g/mol. The number of rotatable bonds is 2. The lowest BCUT2D eigenvalue weighted by Crippen LogP contribution is -2.48. The fourth-order valence-corrected chi connectivity index (χ4v) is 3.50. The Hall–Kier alpha value is -1.73. The lowest BCUT2D eigenvalue weighted by molar-refractivity contribution is -0.201. The Morgan fingerprint density at radius 3 is 2.52 bits per heavy atom. The molecule has 0 aromatic carbocycles. The van der Waals surface area contributed by atoms with E-state index >= 15 is 0 Å². The van der Waals surface area contributed by atoms with Gasteiger partial charge in [-0.3, -0.25) is 9.59 Å². The van der Waals surface area contributed by atoms with Gasteiger partial charge in [0, 0.05) is 19.8 Å². The van der Waals surface area contributed by atoms with Crippen LogP contribution in [0.2, 0.25) is 0 Å². The van der Waals surface area contributed by atoms with Gasteiger partial charge in [0.2, 0.25) is 0 Å². The van der Waals surface area contributed by atoms with Crippen LogP contribution >= 0.6 is 0 Å². The van der Waals surface area contributed by atoms with Crippen molar-refractivity contribution in [3.8, 4) is 0 Å². The molecule has 2 fully saturated rings. The number of hydrogen-bond donors (Lipinski definition) is 0. The fraction of sp³-hybridized carbons (Fsp3) is 0.688. The molecule has 1 aliphatic heterocycles. The maximum atomic E-state index is 12.3. The van der Waals surface area contributed by atoms with Crippen molar-refractivity contribution in [1.29, 1.82) is 0 Å². The third-order valence-electron chi connectivity index (χ3n) is 4.50. The summed E-state index contributed by atoms with van der Waals surface area (Å²) in [6, 6.07) is 0. The SMILES string of the molecule is COC(=O)C1=CC(=O)[C@H]2OC3(CCCCC3)O[C@H]2[C@@H]1OC(C)=O. The Labute approximate surface area is 133 Å². The number of fused-ring (bicyclic) bond motifs is 1. The highest BCUT2D eigenvalue weighted by Gasteiger charge is 2.57. The third-order valence-corrected chi connectivity index (χ3v) is 4.50. The number of carbonyl (C=O) groups is 3. The average Bonchev–Trinajstić information content (AvgIpc) is 2.89. The number of hydrogen-bond acceptors (Lipinski definition) is 7. The number of ketones is 1. The lowest BCUT2D eigenvalue weighted by Gasteiger charge is -2.32. The van der Waals surface area contributed by atoms with Crippen molar-refractivity contribution >= 4 is 17.7 Å². The molecule has 1 heterocycles. The highest BCUT2D eigenvalue weighted by Crippen LogP contribution is 2.44. The van der Waals surface area contributed by atoms with E-state index in [0.717, 1.165) is 25.3 Å². The lowest BCUT2D eigenvalue weighted by atomic mass is 9.90. The molecular formula is C16H20O7. The first kappa shape index (κ1) is 16.1. The van der Waals surface area contributed by atoms with Crippen molar-refractivity contribution < 1.29 is 33.3 Å². The molecule has 0 aromatic heterocycles. The van der Waals surface area contributed by atoms with Crippen LogP contribution in [0.1, 0.15) is 39.0 Å². The van der Waals surface area contributed by atoms with Gasteiger partial charge in [0.1, 0.15) is 6.10 Å². The Bertz CT molecular complexity index is 559. The molecule has 3 rings (SSSR count). The van der Waals surface area contributed by atoms with Gasteiger partial charge < -0.3 is 18.9 Å². The molecule has 0 aromatic rings. The second-order valence-electron chi connectivity index (χ2n) is 6.12. The van der Waals surface area contributed by atoms with Gasteiger partial charge in [0.15, 0.2) is 23.8 Å². The molecule has 1 saturated heterocycles. The number of esters is 2. The van der Waals surface area contributed by atoms with Crippen LogP contribution in [-0.2, 0) is 33.3 Å². The van der Waals surface area contributed by atoms with Crippen LogP contribution < -0.4 is 0 Å². The zero-order chi connectivity index (χ0) is 16.6. The van der Waals surface area contributed by atoms with Gasteiger partial charge in [0.25, 0.3) is 0 Å². The molecule has 1 spiro atoms. The van der Waals surface area contributed by atoms with Crippen LogP contribution in [0.15, 0.2) is 11.6 Å². The first-order valence-corrected chi connectivity index (χ1v) is 7.82. The van der Waals surface area contributed by atoms with Gasteiger partial charge in [0.05, 0.1) is 12.7 Å². The van der Waals surface area contributed by atoms with Crippen LogP contribution in [0.3, 0.4) is 0 Å². The molecule has 23 heavy (non-hydrogen) atoms. The molecule has 0 radical (unpaired) electrons. The van der Waals surface area contributed by atoms with E-state index in [0.29, 0.717) is 12.8 Å². The monoisotopic (exact) mass is 324 g/mol. The summed E-state index contributed by atoms with van der Waals surface area (Å²) in [6.45, 7) is 1.24. The molecule has 0 bridgehead atoms. The predicted octanol–water partition coefficient (Wildman–Crippen LogP) is 1.04. The zero-order valence-electron chi connectivity index (χ0n) is 13.2. The Morgan fingerprint density at radius 1 is 1.22 bits per heavy atom. The summed E-state index contributed by atoms with van der Waals surface area (Å²) >= 11 is 0. The molecule has 0 unspecified atom stereocenters.